The first kappa shape index (κ1) is 29.4. The third-order valence-electron chi connectivity index (χ3n) is 1.96. The number of hydrogen-bond donors (Lipinski definition) is 0. The van der Waals surface area contributed by atoms with E-state index in [-0.39, 0.29) is 40.9 Å². The van der Waals surface area contributed by atoms with E-state index in [0.717, 1.165) is 6.42 Å². The van der Waals surface area contributed by atoms with Gasteiger partial charge in [0.15, 0.2) is 0 Å². The summed E-state index contributed by atoms with van der Waals surface area (Å²) in [6.45, 7) is 8.25. The van der Waals surface area contributed by atoms with Gasteiger partial charge in [0.05, 0.1) is 11.2 Å². The maximum atomic E-state index is 5.30. The Balaban J connectivity index is -0.0000000833. The van der Waals surface area contributed by atoms with Gasteiger partial charge in [0, 0.05) is 20.6 Å². The van der Waals surface area contributed by atoms with Crippen LogP contribution in [0, 0.1) is 0 Å². The molecule has 0 saturated heterocycles. The van der Waals surface area contributed by atoms with E-state index in [9.17, 15) is 0 Å². The molecule has 0 aliphatic rings. The van der Waals surface area contributed by atoms with Gasteiger partial charge >= 0.3 is 0 Å². The summed E-state index contributed by atoms with van der Waals surface area (Å²) >= 11 is 0. The average molecular weight is 224 g/mol. The molecule has 2 nitrogen and oxygen atoms in total. The van der Waals surface area contributed by atoms with E-state index in [4.69, 9.17) is 9.47 Å². The first-order valence-corrected chi connectivity index (χ1v) is 3.93. The normalized spacial score (nSPS) is 10.0. The van der Waals surface area contributed by atoms with Gasteiger partial charge in [-0.2, -0.15) is 0 Å². The van der Waals surface area contributed by atoms with E-state index >= 15 is 0 Å². The Morgan fingerprint density at radius 1 is 0.667 bits per heavy atom. The molecular formula is C13H36O2. The minimum atomic E-state index is -0.0977. The van der Waals surface area contributed by atoms with Crippen LogP contribution in [0.2, 0.25) is 0 Å². The van der Waals surface area contributed by atoms with Crippen molar-refractivity contribution < 1.29 is 9.47 Å². The van der Waals surface area contributed by atoms with Crippen LogP contribution in [0.1, 0.15) is 63.8 Å². The molecule has 100 valence electrons. The van der Waals surface area contributed by atoms with Crippen molar-refractivity contribution in [1.29, 1.82) is 0 Å². The fraction of sp³-hybridized carbons (Fsp3) is 1.00. The highest BCUT2D eigenvalue weighted by atomic mass is 16.5. The Kier molecular flexibility index (Phi) is 20.4. The maximum Gasteiger partial charge on any atom is 0.0650 e. The molecule has 0 rings (SSSR count). The molecule has 0 aromatic heterocycles. The first-order chi connectivity index (χ1) is 4.83. The fourth-order valence-corrected chi connectivity index (χ4v) is 1.17. The molecule has 0 aliphatic carbocycles. The van der Waals surface area contributed by atoms with Gasteiger partial charge in [0.25, 0.3) is 0 Å². The second kappa shape index (κ2) is 10.4. The summed E-state index contributed by atoms with van der Waals surface area (Å²) in [5.41, 5.74) is -0.195. The Bertz CT molecular complexity index is 104. The van der Waals surface area contributed by atoms with Crippen LogP contribution in [0.5, 0.6) is 0 Å². The van der Waals surface area contributed by atoms with Gasteiger partial charge in [0.2, 0.25) is 0 Å². The van der Waals surface area contributed by atoms with Crippen molar-refractivity contribution in [3.63, 3.8) is 0 Å². The second-order valence-corrected chi connectivity index (χ2v) is 4.10. The van der Waals surface area contributed by atoms with Gasteiger partial charge in [-0.15, -0.1) is 0 Å². The lowest BCUT2D eigenvalue weighted by Crippen LogP contribution is -2.35. The molecule has 0 spiro atoms. The molecule has 0 atom stereocenters. The average Bonchev–Trinajstić information content (AvgIpc) is 1.86. The van der Waals surface area contributed by atoms with Gasteiger partial charge < -0.3 is 9.47 Å². The zero-order valence-corrected chi connectivity index (χ0v) is 8.52. The van der Waals surface area contributed by atoms with Crippen LogP contribution in [0.25, 0.3) is 0 Å². The van der Waals surface area contributed by atoms with Crippen LogP contribution < -0.4 is 0 Å². The number of hydrogen-bond acceptors (Lipinski definition) is 2. The molecule has 0 amide bonds. The topological polar surface area (TPSA) is 18.5 Å². The minimum absolute atomic E-state index is 0. The van der Waals surface area contributed by atoms with Crippen molar-refractivity contribution in [2.75, 3.05) is 14.2 Å². The molecule has 0 N–H and O–H groups in total. The first-order valence-electron chi connectivity index (χ1n) is 3.93. The van der Waals surface area contributed by atoms with E-state index in [0.29, 0.717) is 0 Å². The number of methoxy groups -OCH3 is 2. The molecule has 0 aromatic carbocycles. The summed E-state index contributed by atoms with van der Waals surface area (Å²) in [5.74, 6) is 0. The largest absolute Gasteiger partial charge is 0.379 e. The smallest absolute Gasteiger partial charge is 0.0650 e. The van der Waals surface area contributed by atoms with Crippen LogP contribution >= 0.6 is 0 Å². The van der Waals surface area contributed by atoms with Crippen molar-refractivity contribution in [2.45, 2.75) is 75.0 Å². The van der Waals surface area contributed by atoms with E-state index in [1.807, 2.05) is 0 Å². The van der Waals surface area contributed by atoms with Gasteiger partial charge in [-0.05, 0) is 27.7 Å². The molecule has 15 heavy (non-hydrogen) atoms. The highest BCUT2D eigenvalue weighted by Gasteiger charge is 2.28. The van der Waals surface area contributed by atoms with Gasteiger partial charge in [0.1, 0.15) is 0 Å². The molecule has 2 heteroatoms. The van der Waals surface area contributed by atoms with Gasteiger partial charge in [-0.3, -0.25) is 0 Å². The lowest BCUT2D eigenvalue weighted by Gasteiger charge is -2.32. The van der Waals surface area contributed by atoms with Crippen LogP contribution in [0.15, 0.2) is 0 Å². The monoisotopic (exact) mass is 224 g/mol. The molecule has 0 aliphatic heterocycles. The van der Waals surface area contributed by atoms with Crippen LogP contribution in [-0.2, 0) is 9.47 Å². The molecule has 0 unspecified atom stereocenters. The lowest BCUT2D eigenvalue weighted by molar-refractivity contribution is -0.0692. The third-order valence-corrected chi connectivity index (χ3v) is 1.96. The second-order valence-electron chi connectivity index (χ2n) is 4.10. The zero-order chi connectivity index (χ0) is 9.12. The zero-order valence-electron chi connectivity index (χ0n) is 8.52. The molecule has 0 fully saturated rings. The summed E-state index contributed by atoms with van der Waals surface area (Å²) in [7, 11) is 3.46. The van der Waals surface area contributed by atoms with Crippen molar-refractivity contribution in [1.82, 2.24) is 0 Å². The fourth-order valence-electron chi connectivity index (χ4n) is 1.17. The van der Waals surface area contributed by atoms with Gasteiger partial charge in [-0.1, -0.05) is 29.7 Å². The quantitative estimate of drug-likeness (QED) is 0.685. The predicted octanol–water partition coefficient (Wildman–Crippen LogP) is 4.77. The summed E-state index contributed by atoms with van der Waals surface area (Å²) < 4.78 is 10.6. The van der Waals surface area contributed by atoms with E-state index in [2.05, 4.69) is 27.7 Å². The van der Waals surface area contributed by atoms with Crippen LogP contribution in [-0.4, -0.2) is 25.4 Å². The van der Waals surface area contributed by atoms with Crippen LogP contribution in [0.4, 0.5) is 0 Å². The molecule has 0 bridgehead atoms. The standard InChI is InChI=1S/C9H20O2.4CH4/c1-8(2,10-5)7-9(3,4)11-6;;;;/h7H2,1-6H3;4*1H4. The molecule has 0 radical (unpaired) electrons. The molecule has 0 aromatic rings. The summed E-state index contributed by atoms with van der Waals surface area (Å²) in [6.07, 6.45) is 0.896. The molecule has 0 saturated carbocycles. The van der Waals surface area contributed by atoms with Crippen molar-refractivity contribution in [2.24, 2.45) is 0 Å². The van der Waals surface area contributed by atoms with Crippen molar-refractivity contribution >= 4 is 0 Å². The Morgan fingerprint density at radius 3 is 1.00 bits per heavy atom. The molecule has 0 heterocycles. The third kappa shape index (κ3) is 13.9. The Morgan fingerprint density at radius 2 is 0.867 bits per heavy atom. The van der Waals surface area contributed by atoms with Crippen molar-refractivity contribution in [3.05, 3.63) is 0 Å². The van der Waals surface area contributed by atoms with E-state index < -0.39 is 0 Å². The van der Waals surface area contributed by atoms with Crippen LogP contribution in [0.3, 0.4) is 0 Å². The summed E-state index contributed by atoms with van der Waals surface area (Å²) in [6, 6.07) is 0. The highest BCUT2D eigenvalue weighted by molar-refractivity contribution is 4.80. The maximum absolute atomic E-state index is 5.30. The number of rotatable bonds is 4. The highest BCUT2D eigenvalue weighted by Crippen LogP contribution is 2.24. The SMILES string of the molecule is C.C.C.C.COC(C)(C)CC(C)(C)OC. The summed E-state index contributed by atoms with van der Waals surface area (Å²) in [4.78, 5) is 0. The van der Waals surface area contributed by atoms with E-state index in [1.54, 1.807) is 14.2 Å². The van der Waals surface area contributed by atoms with Crippen molar-refractivity contribution in [3.8, 4) is 0 Å². The predicted molar refractivity (Wildman–Crippen MR) is 73.7 cm³/mol. The van der Waals surface area contributed by atoms with E-state index in [1.165, 1.54) is 0 Å². The lowest BCUT2D eigenvalue weighted by atomic mass is 9.92. The Hall–Kier alpha value is -0.0800. The molecular weight excluding hydrogens is 188 g/mol. The number of ether oxygens (including phenoxy) is 2. The Labute approximate surface area is 99.4 Å². The summed E-state index contributed by atoms with van der Waals surface area (Å²) in [5, 5.41) is 0. The van der Waals surface area contributed by atoms with Gasteiger partial charge in [-0.25, -0.2) is 0 Å². The minimum Gasteiger partial charge on any atom is -0.379 e.